The second kappa shape index (κ2) is 15.3. The van der Waals surface area contributed by atoms with Crippen LogP contribution in [-0.4, -0.2) is 88.5 Å². The third-order valence-electron chi connectivity index (χ3n) is 11.7. The number of pyridine rings is 1. The van der Waals surface area contributed by atoms with E-state index in [0.717, 1.165) is 18.2 Å². The van der Waals surface area contributed by atoms with Crippen molar-refractivity contribution in [3.8, 4) is 11.6 Å². The van der Waals surface area contributed by atoms with E-state index in [1.54, 1.807) is 6.08 Å². The molecule has 3 N–H and O–H groups in total. The summed E-state index contributed by atoms with van der Waals surface area (Å²) < 4.78 is 97.1. The number of allylic oxidation sites excluding steroid dienone is 1. The third kappa shape index (κ3) is 8.20. The lowest BCUT2D eigenvalue weighted by Gasteiger charge is -2.30. The number of sulfonamides is 1. The van der Waals surface area contributed by atoms with Crippen LogP contribution in [0.4, 0.5) is 17.6 Å². The topological polar surface area (TPSA) is 199 Å². The minimum absolute atomic E-state index is 0.0580. The molecule has 15 nitrogen and oxygen atoms in total. The molecule has 60 heavy (non-hydrogen) atoms. The lowest BCUT2D eigenvalue weighted by atomic mass is 10.0. The number of carbonyl (C=O) groups excluding carboxylic acids is 4. The molecule has 2 aromatic heterocycles. The number of carbonyl (C=O) groups is 4. The fourth-order valence-electron chi connectivity index (χ4n) is 7.88. The van der Waals surface area contributed by atoms with Crippen LogP contribution >= 0.6 is 0 Å². The number of aromatic nitrogens is 2. The smallest absolute Gasteiger partial charge is 0.472 e. The third-order valence-corrected chi connectivity index (χ3v) is 13.8. The Morgan fingerprint density at radius 1 is 1.03 bits per heavy atom. The summed E-state index contributed by atoms with van der Waals surface area (Å²) in [7, 11) is -4.10. The van der Waals surface area contributed by atoms with Gasteiger partial charge in [-0.3, -0.25) is 23.9 Å². The molecule has 1 saturated heterocycles. The highest BCUT2D eigenvalue weighted by Crippen LogP contribution is 2.48. The van der Waals surface area contributed by atoms with Crippen LogP contribution in [0.2, 0.25) is 0 Å². The maximum Gasteiger partial charge on any atom is 0.573 e. The molecule has 2 aliphatic carbocycles. The number of benzene rings is 2. The Morgan fingerprint density at radius 3 is 2.55 bits per heavy atom. The molecule has 2 aromatic carbocycles. The van der Waals surface area contributed by atoms with E-state index in [9.17, 15) is 45.2 Å². The Kier molecular flexibility index (Phi) is 10.5. The Hall–Kier alpha value is -5.79. The van der Waals surface area contributed by atoms with Crippen molar-refractivity contribution in [3.63, 3.8) is 0 Å². The fraction of sp³-hybridized carbons (Fsp3) is 0.450. The molecule has 0 spiro atoms. The van der Waals surface area contributed by atoms with Crippen LogP contribution in [0.25, 0.3) is 21.7 Å². The molecule has 2 saturated carbocycles. The summed E-state index contributed by atoms with van der Waals surface area (Å²) in [5.74, 6) is -5.16. The zero-order valence-electron chi connectivity index (χ0n) is 32.1. The van der Waals surface area contributed by atoms with Gasteiger partial charge in [0.25, 0.3) is 11.8 Å². The number of fused-ring (bicyclic) bond motifs is 5. The standard InChI is InChI=1S/C40H40F4N6O9S/c1-38(14-15-38)60(55,56)49-37(54)39-20-22(39)7-5-3-2-4-6-8-30(45-33(51)29-13-16-57-48-29)36(53)50-21-25(19-32(50)34(52)47-39)58-35-28-18-24(59-40(42,43)44)10-12-26(28)27-11-9-23(41)17-31(27)46-35/h5,7,9-13,16-18,22,25,30,32H,2-4,6,8,14-15,19-21H2,1H3,(H,45,51)(H,47,52)(H,49,54)/b7-5-/t22-,25-,30+,32+,39-/m1/s1. The zero-order valence-corrected chi connectivity index (χ0v) is 32.9. The maximum atomic E-state index is 14.6. The van der Waals surface area contributed by atoms with Crippen LogP contribution in [0.3, 0.4) is 0 Å². The first-order valence-corrected chi connectivity index (χ1v) is 21.0. The summed E-state index contributed by atoms with van der Waals surface area (Å²) in [4.78, 5) is 61.8. The van der Waals surface area contributed by atoms with E-state index < -0.39 is 86.0 Å². The van der Waals surface area contributed by atoms with E-state index in [1.165, 1.54) is 42.4 Å². The summed E-state index contributed by atoms with van der Waals surface area (Å²) in [5, 5.41) is 9.91. The second-order valence-corrected chi connectivity index (χ2v) is 18.1. The molecule has 3 fully saturated rings. The largest absolute Gasteiger partial charge is 0.573 e. The molecule has 4 aromatic rings. The maximum absolute atomic E-state index is 14.6. The first kappa shape index (κ1) is 41.0. The minimum Gasteiger partial charge on any atom is -0.472 e. The highest BCUT2D eigenvalue weighted by Gasteiger charge is 2.63. The number of nitrogens with zero attached hydrogens (tertiary/aromatic N) is 3. The Labute approximate surface area is 340 Å². The quantitative estimate of drug-likeness (QED) is 0.123. The molecule has 8 rings (SSSR count). The van der Waals surface area contributed by atoms with Gasteiger partial charge in [0.15, 0.2) is 5.69 Å². The van der Waals surface area contributed by atoms with Crippen molar-refractivity contribution in [3.05, 3.63) is 72.4 Å². The fourth-order valence-corrected chi connectivity index (χ4v) is 9.20. The van der Waals surface area contributed by atoms with Gasteiger partial charge in [0, 0.05) is 35.2 Å². The van der Waals surface area contributed by atoms with Gasteiger partial charge in [-0.25, -0.2) is 17.8 Å². The average Bonchev–Trinajstić information content (AvgIpc) is 3.93. The van der Waals surface area contributed by atoms with Crippen molar-refractivity contribution in [2.24, 2.45) is 5.92 Å². The van der Waals surface area contributed by atoms with Gasteiger partial charge >= 0.3 is 6.36 Å². The number of amides is 4. The van der Waals surface area contributed by atoms with Crippen molar-refractivity contribution in [1.29, 1.82) is 0 Å². The van der Waals surface area contributed by atoms with E-state index in [4.69, 9.17) is 9.26 Å². The van der Waals surface area contributed by atoms with Crippen molar-refractivity contribution in [1.82, 2.24) is 30.4 Å². The summed E-state index contributed by atoms with van der Waals surface area (Å²) in [5.41, 5.74) is -1.66. The molecule has 20 heteroatoms. The SMILES string of the molecule is CC1(S(=O)(=O)NC(=O)[C@@]23C[C@H]2/C=C\CCCCC[C@H](NC(=O)c2ccon2)C(=O)N2C[C@H](Oc4nc5cc(F)ccc5c5ccc(OC(F)(F)F)cc45)C[C@H]2C(=O)N3)CC1. The molecule has 4 heterocycles. The monoisotopic (exact) mass is 856 g/mol. The van der Waals surface area contributed by atoms with E-state index in [1.807, 2.05) is 6.08 Å². The Balaban J connectivity index is 1.15. The van der Waals surface area contributed by atoms with Crippen molar-refractivity contribution in [2.45, 2.75) is 99.5 Å². The molecule has 5 atom stereocenters. The first-order chi connectivity index (χ1) is 28.4. The molecule has 0 radical (unpaired) electrons. The summed E-state index contributed by atoms with van der Waals surface area (Å²) in [6.07, 6.45) is 1.88. The Bertz CT molecular complexity index is 2510. The van der Waals surface area contributed by atoms with Crippen LogP contribution in [0.5, 0.6) is 11.6 Å². The van der Waals surface area contributed by atoms with Crippen molar-refractivity contribution >= 4 is 55.3 Å². The van der Waals surface area contributed by atoms with Crippen molar-refractivity contribution < 1.29 is 59.2 Å². The highest BCUT2D eigenvalue weighted by molar-refractivity contribution is 7.91. The van der Waals surface area contributed by atoms with Gasteiger partial charge in [-0.05, 0) is 81.2 Å². The number of halogens is 4. The lowest BCUT2D eigenvalue weighted by molar-refractivity contribution is -0.274. The second-order valence-electron chi connectivity index (χ2n) is 15.9. The molecule has 0 bridgehead atoms. The molecular formula is C40H40F4N6O9S. The van der Waals surface area contributed by atoms with E-state index in [-0.39, 0.29) is 48.3 Å². The normalized spacial score (nSPS) is 26.2. The van der Waals surface area contributed by atoms with Gasteiger partial charge < -0.3 is 29.5 Å². The molecule has 0 unspecified atom stereocenters. The highest BCUT2D eigenvalue weighted by atomic mass is 32.2. The van der Waals surface area contributed by atoms with E-state index >= 15 is 0 Å². The lowest BCUT2D eigenvalue weighted by Crippen LogP contribution is -2.58. The molecular weight excluding hydrogens is 817 g/mol. The van der Waals surface area contributed by atoms with Crippen LogP contribution in [0.1, 0.15) is 75.2 Å². The van der Waals surface area contributed by atoms with Gasteiger partial charge in [-0.2, -0.15) is 0 Å². The van der Waals surface area contributed by atoms with Crippen LogP contribution in [0, 0.1) is 11.7 Å². The van der Waals surface area contributed by atoms with Crippen LogP contribution in [0.15, 0.2) is 65.4 Å². The van der Waals surface area contributed by atoms with Gasteiger partial charge in [-0.1, -0.05) is 30.2 Å². The number of hydrogen-bond donors (Lipinski definition) is 3. The van der Waals surface area contributed by atoms with Gasteiger partial charge in [-0.15, -0.1) is 13.2 Å². The summed E-state index contributed by atoms with van der Waals surface area (Å²) in [6, 6.07) is 5.98. The minimum atomic E-state index is -5.03. The number of rotatable bonds is 8. The van der Waals surface area contributed by atoms with Gasteiger partial charge in [0.2, 0.25) is 27.7 Å². The first-order valence-electron chi connectivity index (χ1n) is 19.5. The number of ether oxygens (including phenoxy) is 2. The summed E-state index contributed by atoms with van der Waals surface area (Å²) in [6.45, 7) is 1.22. The van der Waals surface area contributed by atoms with Crippen LogP contribution < -0.4 is 24.8 Å². The molecule has 318 valence electrons. The number of hydrogen-bond acceptors (Lipinski definition) is 11. The Morgan fingerprint density at radius 2 is 1.82 bits per heavy atom. The van der Waals surface area contributed by atoms with Crippen LogP contribution in [-0.2, 0) is 24.4 Å². The molecule has 4 amide bonds. The number of alkyl halides is 3. The molecule has 4 aliphatic rings. The predicted molar refractivity (Wildman–Crippen MR) is 204 cm³/mol. The zero-order chi connectivity index (χ0) is 42.6. The van der Waals surface area contributed by atoms with Crippen molar-refractivity contribution in [2.75, 3.05) is 6.54 Å². The number of nitrogens with one attached hydrogen (secondary N) is 3. The van der Waals surface area contributed by atoms with E-state index in [2.05, 4.69) is 30.2 Å². The van der Waals surface area contributed by atoms with Gasteiger partial charge in [0.1, 0.15) is 41.6 Å². The van der Waals surface area contributed by atoms with E-state index in [0.29, 0.717) is 49.3 Å². The average molecular weight is 857 g/mol. The van der Waals surface area contributed by atoms with Gasteiger partial charge in [0.05, 0.1) is 16.8 Å². The predicted octanol–water partition coefficient (Wildman–Crippen LogP) is 4.95. The molecule has 2 aliphatic heterocycles. The summed E-state index contributed by atoms with van der Waals surface area (Å²) >= 11 is 0.